The summed E-state index contributed by atoms with van der Waals surface area (Å²) in [5, 5.41) is 14.0. The highest BCUT2D eigenvalue weighted by Gasteiger charge is 2.32. The second kappa shape index (κ2) is 7.91. The van der Waals surface area contributed by atoms with E-state index < -0.39 is 0 Å². The smallest absolute Gasteiger partial charge is 0.0574 e. The number of aliphatic hydroxyl groups is 1. The summed E-state index contributed by atoms with van der Waals surface area (Å²) < 4.78 is 1.13. The van der Waals surface area contributed by atoms with Crippen molar-refractivity contribution in [1.82, 2.24) is 10.2 Å². The van der Waals surface area contributed by atoms with Gasteiger partial charge in [0.05, 0.1) is 6.10 Å². The molecule has 3 unspecified atom stereocenters. The lowest BCUT2D eigenvalue weighted by Gasteiger charge is -2.38. The van der Waals surface area contributed by atoms with Crippen LogP contribution in [0, 0.1) is 5.92 Å². The third kappa shape index (κ3) is 4.10. The largest absolute Gasteiger partial charge is 0.393 e. The highest BCUT2D eigenvalue weighted by molar-refractivity contribution is 9.10. The first kappa shape index (κ1) is 16.4. The quantitative estimate of drug-likeness (QED) is 0.859. The number of rotatable bonds is 4. The van der Waals surface area contributed by atoms with Crippen molar-refractivity contribution in [3.05, 3.63) is 34.3 Å². The number of hydrogen-bond donors (Lipinski definition) is 2. The van der Waals surface area contributed by atoms with E-state index in [0.717, 1.165) is 50.0 Å². The Labute approximate surface area is 142 Å². The van der Waals surface area contributed by atoms with E-state index in [2.05, 4.69) is 50.4 Å². The molecule has 0 aromatic heterocycles. The molecule has 122 valence electrons. The molecule has 3 nitrogen and oxygen atoms in total. The van der Waals surface area contributed by atoms with Gasteiger partial charge in [-0.2, -0.15) is 0 Å². The number of aliphatic hydroxyl groups excluding tert-OH is 1. The summed E-state index contributed by atoms with van der Waals surface area (Å²) in [6.45, 7) is 5.48. The molecular formula is C18H27BrN2O. The van der Waals surface area contributed by atoms with E-state index in [9.17, 15) is 5.11 Å². The lowest BCUT2D eigenvalue weighted by atomic mass is 9.74. The van der Waals surface area contributed by atoms with E-state index in [-0.39, 0.29) is 6.10 Å². The van der Waals surface area contributed by atoms with Gasteiger partial charge in [0.2, 0.25) is 0 Å². The zero-order valence-corrected chi connectivity index (χ0v) is 14.8. The first-order valence-corrected chi connectivity index (χ1v) is 9.40. The molecule has 22 heavy (non-hydrogen) atoms. The summed E-state index contributed by atoms with van der Waals surface area (Å²) in [4.78, 5) is 2.56. The first-order valence-electron chi connectivity index (χ1n) is 8.60. The molecule has 4 heteroatoms. The lowest BCUT2D eigenvalue weighted by Crippen LogP contribution is -2.46. The minimum Gasteiger partial charge on any atom is -0.393 e. The van der Waals surface area contributed by atoms with Gasteiger partial charge in [-0.05, 0) is 36.5 Å². The van der Waals surface area contributed by atoms with Crippen molar-refractivity contribution in [2.24, 2.45) is 5.92 Å². The van der Waals surface area contributed by atoms with E-state index in [1.807, 2.05) is 0 Å². The van der Waals surface area contributed by atoms with Gasteiger partial charge in [0.25, 0.3) is 0 Å². The fraction of sp³-hybridized carbons (Fsp3) is 0.667. The van der Waals surface area contributed by atoms with Crippen LogP contribution in [0.15, 0.2) is 28.7 Å². The average molecular weight is 367 g/mol. The normalized spacial score (nSPS) is 28.5. The topological polar surface area (TPSA) is 35.5 Å². The molecule has 2 fully saturated rings. The lowest BCUT2D eigenvalue weighted by molar-refractivity contribution is 0.0448. The average Bonchev–Trinajstić information content (AvgIpc) is 2.55. The monoisotopic (exact) mass is 366 g/mol. The molecular weight excluding hydrogens is 340 g/mol. The van der Waals surface area contributed by atoms with Crippen LogP contribution in [-0.4, -0.2) is 48.8 Å². The van der Waals surface area contributed by atoms with Crippen molar-refractivity contribution in [1.29, 1.82) is 0 Å². The van der Waals surface area contributed by atoms with Crippen LogP contribution in [0.2, 0.25) is 0 Å². The van der Waals surface area contributed by atoms with Crippen molar-refractivity contribution < 1.29 is 5.11 Å². The molecule has 1 aliphatic heterocycles. The van der Waals surface area contributed by atoms with Crippen LogP contribution in [0.25, 0.3) is 0 Å². The van der Waals surface area contributed by atoms with E-state index in [4.69, 9.17) is 0 Å². The molecule has 1 heterocycles. The van der Waals surface area contributed by atoms with Gasteiger partial charge >= 0.3 is 0 Å². The van der Waals surface area contributed by atoms with E-state index in [0.29, 0.717) is 11.8 Å². The minimum absolute atomic E-state index is 0.134. The van der Waals surface area contributed by atoms with Crippen molar-refractivity contribution in [3.8, 4) is 0 Å². The van der Waals surface area contributed by atoms with Crippen molar-refractivity contribution in [2.75, 3.05) is 32.7 Å². The van der Waals surface area contributed by atoms with E-state index in [1.54, 1.807) is 0 Å². The van der Waals surface area contributed by atoms with Crippen LogP contribution in [0.3, 0.4) is 0 Å². The number of benzene rings is 1. The Morgan fingerprint density at radius 3 is 2.50 bits per heavy atom. The standard InChI is InChI=1S/C18H27BrN2O/c19-15-7-5-14(6-8-15)17(13-21-11-9-20-10-12-21)16-3-1-2-4-18(16)22/h5-8,16-18,20,22H,1-4,9-13H2. The third-order valence-electron chi connectivity index (χ3n) is 5.26. The van der Waals surface area contributed by atoms with Gasteiger partial charge in [0, 0.05) is 43.1 Å². The van der Waals surface area contributed by atoms with Gasteiger partial charge in [-0.3, -0.25) is 0 Å². The number of piperazine rings is 1. The Morgan fingerprint density at radius 2 is 1.82 bits per heavy atom. The molecule has 1 saturated heterocycles. The second-order valence-electron chi connectivity index (χ2n) is 6.72. The van der Waals surface area contributed by atoms with E-state index in [1.165, 1.54) is 18.4 Å². The summed E-state index contributed by atoms with van der Waals surface area (Å²) in [6, 6.07) is 8.74. The Hall–Kier alpha value is -0.420. The number of halogens is 1. The molecule has 1 aromatic rings. The maximum absolute atomic E-state index is 10.5. The van der Waals surface area contributed by atoms with Gasteiger partial charge in [-0.15, -0.1) is 0 Å². The molecule has 3 rings (SSSR count). The summed E-state index contributed by atoms with van der Waals surface area (Å²) in [5.74, 6) is 0.853. The Balaban J connectivity index is 1.78. The summed E-state index contributed by atoms with van der Waals surface area (Å²) in [7, 11) is 0. The van der Waals surface area contributed by atoms with Gasteiger partial charge in [-0.25, -0.2) is 0 Å². The van der Waals surface area contributed by atoms with Crippen molar-refractivity contribution in [3.63, 3.8) is 0 Å². The molecule has 2 aliphatic rings. The molecule has 0 bridgehead atoms. The van der Waals surface area contributed by atoms with Gasteiger partial charge < -0.3 is 15.3 Å². The van der Waals surface area contributed by atoms with Gasteiger partial charge in [0.15, 0.2) is 0 Å². The Morgan fingerprint density at radius 1 is 1.14 bits per heavy atom. The Kier molecular flexibility index (Phi) is 5.91. The minimum atomic E-state index is -0.134. The zero-order chi connectivity index (χ0) is 15.4. The van der Waals surface area contributed by atoms with Crippen molar-refractivity contribution in [2.45, 2.75) is 37.7 Å². The fourth-order valence-electron chi connectivity index (χ4n) is 3.98. The first-order chi connectivity index (χ1) is 10.7. The molecule has 3 atom stereocenters. The summed E-state index contributed by atoms with van der Waals surface area (Å²) >= 11 is 3.53. The maximum atomic E-state index is 10.5. The van der Waals surface area contributed by atoms with Crippen LogP contribution in [0.1, 0.15) is 37.2 Å². The highest BCUT2D eigenvalue weighted by Crippen LogP contribution is 2.37. The predicted molar refractivity (Wildman–Crippen MR) is 94.2 cm³/mol. The molecule has 0 radical (unpaired) electrons. The second-order valence-corrected chi connectivity index (χ2v) is 7.64. The molecule has 1 aliphatic carbocycles. The van der Waals surface area contributed by atoms with Crippen LogP contribution in [0.5, 0.6) is 0 Å². The van der Waals surface area contributed by atoms with Crippen LogP contribution >= 0.6 is 15.9 Å². The van der Waals surface area contributed by atoms with Crippen LogP contribution < -0.4 is 5.32 Å². The van der Waals surface area contributed by atoms with E-state index >= 15 is 0 Å². The summed E-state index contributed by atoms with van der Waals surface area (Å²) in [5.41, 5.74) is 1.38. The SMILES string of the molecule is OC1CCCCC1C(CN1CCNCC1)c1ccc(Br)cc1. The highest BCUT2D eigenvalue weighted by atomic mass is 79.9. The van der Waals surface area contributed by atoms with Crippen LogP contribution in [0.4, 0.5) is 0 Å². The Bertz CT molecular complexity index is 459. The zero-order valence-electron chi connectivity index (χ0n) is 13.2. The maximum Gasteiger partial charge on any atom is 0.0574 e. The third-order valence-corrected chi connectivity index (χ3v) is 5.79. The van der Waals surface area contributed by atoms with Gasteiger partial charge in [0.1, 0.15) is 0 Å². The molecule has 2 N–H and O–H groups in total. The summed E-state index contributed by atoms with van der Waals surface area (Å²) in [6.07, 6.45) is 4.44. The van der Waals surface area contributed by atoms with Gasteiger partial charge in [-0.1, -0.05) is 40.9 Å². The van der Waals surface area contributed by atoms with Crippen LogP contribution in [-0.2, 0) is 0 Å². The molecule has 0 spiro atoms. The van der Waals surface area contributed by atoms with Crippen molar-refractivity contribution >= 4 is 15.9 Å². The number of hydrogen-bond acceptors (Lipinski definition) is 3. The number of nitrogens with zero attached hydrogens (tertiary/aromatic N) is 1. The molecule has 1 saturated carbocycles. The predicted octanol–water partition coefficient (Wildman–Crippen LogP) is 2.99. The fourth-order valence-corrected chi connectivity index (χ4v) is 4.24. The molecule has 0 amide bonds. The molecule has 1 aromatic carbocycles. The number of nitrogens with one attached hydrogen (secondary N) is 1.